The van der Waals surface area contributed by atoms with Gasteiger partial charge in [-0.1, -0.05) is 18.6 Å². The lowest BCUT2D eigenvalue weighted by Crippen LogP contribution is -2.61. The highest BCUT2D eigenvalue weighted by Gasteiger charge is 2.54. The van der Waals surface area contributed by atoms with E-state index in [4.69, 9.17) is 21.3 Å². The van der Waals surface area contributed by atoms with Crippen molar-refractivity contribution in [1.29, 1.82) is 0 Å². The van der Waals surface area contributed by atoms with Gasteiger partial charge in [0.1, 0.15) is 24.4 Å². The number of nitrogens with zero attached hydrogens (tertiary/aromatic N) is 1. The molecular weight excluding hydrogens is 450 g/mol. The van der Waals surface area contributed by atoms with Crippen LogP contribution in [-0.4, -0.2) is 72.7 Å². The maximum atomic E-state index is 13.6. The zero-order valence-electron chi connectivity index (χ0n) is 20.3. The van der Waals surface area contributed by atoms with E-state index in [0.29, 0.717) is 31.8 Å². The molecule has 1 aromatic carbocycles. The number of hydrogen-bond acceptors (Lipinski definition) is 7. The average molecular weight is 490 g/mol. The van der Waals surface area contributed by atoms with Crippen LogP contribution in [0.5, 0.6) is 5.75 Å². The van der Waals surface area contributed by atoms with Crippen LogP contribution in [0, 0.1) is 5.92 Å². The number of fused-ring (bicyclic) bond motifs is 1. The highest BCUT2D eigenvalue weighted by atomic mass is 16.5. The number of unbranched alkanes of at least 4 members (excludes halogenated alkanes) is 3. The Labute approximate surface area is 206 Å². The third kappa shape index (κ3) is 6.71. The molecule has 1 aromatic rings. The molecule has 0 aliphatic carbocycles. The number of aliphatic hydroxyl groups excluding tert-OH is 1. The molecule has 7 N–H and O–H groups in total. The van der Waals surface area contributed by atoms with E-state index in [1.807, 2.05) is 6.07 Å². The first-order valence-electron chi connectivity index (χ1n) is 12.7. The van der Waals surface area contributed by atoms with E-state index in [1.54, 1.807) is 23.1 Å². The summed E-state index contributed by atoms with van der Waals surface area (Å²) in [6.45, 7) is 1.68. The van der Waals surface area contributed by atoms with Crippen LogP contribution in [0.15, 0.2) is 24.3 Å². The van der Waals surface area contributed by atoms with E-state index in [2.05, 4.69) is 10.6 Å². The molecule has 2 fully saturated rings. The summed E-state index contributed by atoms with van der Waals surface area (Å²) in [5.74, 6) is -0.594. The Bertz CT molecular complexity index is 866. The van der Waals surface area contributed by atoms with Gasteiger partial charge in [0, 0.05) is 6.54 Å². The number of aliphatic hydroxyl groups is 1. The molecule has 2 saturated heterocycles. The van der Waals surface area contributed by atoms with Crippen molar-refractivity contribution in [3.05, 3.63) is 29.8 Å². The molecule has 0 saturated carbocycles. The van der Waals surface area contributed by atoms with Gasteiger partial charge in [-0.05, 0) is 69.3 Å². The molecule has 0 aromatic heterocycles. The van der Waals surface area contributed by atoms with Gasteiger partial charge in [-0.3, -0.25) is 14.4 Å². The summed E-state index contributed by atoms with van der Waals surface area (Å²) in [7, 11) is 0. The number of carbonyl (C=O) groups is 3. The third-order valence-electron chi connectivity index (χ3n) is 6.69. The molecule has 0 spiro atoms. The molecule has 4 atom stereocenters. The fourth-order valence-corrected chi connectivity index (χ4v) is 4.98. The summed E-state index contributed by atoms with van der Waals surface area (Å²) < 4.78 is 5.57. The first-order valence-corrected chi connectivity index (χ1v) is 12.7. The van der Waals surface area contributed by atoms with Crippen LogP contribution in [0.25, 0.3) is 0 Å². The fraction of sp³-hybridized carbons (Fsp3) is 0.640. The highest BCUT2D eigenvalue weighted by molar-refractivity contribution is 5.99. The number of rotatable bonds is 14. The molecule has 2 aliphatic rings. The Kier molecular flexibility index (Phi) is 10.3. The van der Waals surface area contributed by atoms with Crippen LogP contribution in [0.4, 0.5) is 0 Å². The monoisotopic (exact) mass is 489 g/mol. The summed E-state index contributed by atoms with van der Waals surface area (Å²) >= 11 is 0. The second-order valence-corrected chi connectivity index (χ2v) is 9.18. The lowest BCUT2D eigenvalue weighted by Gasteiger charge is -2.38. The molecule has 3 amide bonds. The summed E-state index contributed by atoms with van der Waals surface area (Å²) in [4.78, 5) is 41.5. The molecular formula is C25H39N5O5. The number of benzene rings is 1. The summed E-state index contributed by atoms with van der Waals surface area (Å²) in [5.41, 5.74) is 11.9. The van der Waals surface area contributed by atoms with E-state index in [1.165, 1.54) is 0 Å². The normalized spacial score (nSPS) is 23.7. The van der Waals surface area contributed by atoms with Crippen LogP contribution in [0.3, 0.4) is 0 Å². The minimum absolute atomic E-state index is 0.125. The smallest absolute Gasteiger partial charge is 0.246 e. The lowest BCUT2D eigenvalue weighted by atomic mass is 9.92. The molecule has 35 heavy (non-hydrogen) atoms. The first-order chi connectivity index (χ1) is 17.0. The zero-order chi connectivity index (χ0) is 25.2. The van der Waals surface area contributed by atoms with Crippen molar-refractivity contribution in [1.82, 2.24) is 15.5 Å². The van der Waals surface area contributed by atoms with Crippen LogP contribution in [0.2, 0.25) is 0 Å². The van der Waals surface area contributed by atoms with E-state index in [-0.39, 0.29) is 37.4 Å². The number of hydrogen-bond donors (Lipinski definition) is 5. The predicted molar refractivity (Wildman–Crippen MR) is 131 cm³/mol. The van der Waals surface area contributed by atoms with Crippen molar-refractivity contribution in [3.63, 3.8) is 0 Å². The second kappa shape index (κ2) is 13.4. The van der Waals surface area contributed by atoms with Crippen molar-refractivity contribution in [2.45, 2.75) is 63.1 Å². The Hall–Kier alpha value is -2.69. The Morgan fingerprint density at radius 1 is 1.14 bits per heavy atom. The standard InChI is InChI=1S/C25H39N5O5/c26-10-3-1-5-12-28-23(32)19-16-21-24(33)29-20(9-2-4-11-27)25(34)30(21)22(19)17-7-6-8-18(15-17)35-14-13-31/h6-8,15,19-22,31H,1-5,9-14,16,26-27H2,(H,28,32)(H,29,33)/t19-,20+,21-,22-/m1/s1. The van der Waals surface area contributed by atoms with Crippen LogP contribution >= 0.6 is 0 Å². The topological polar surface area (TPSA) is 160 Å². The number of amides is 3. The third-order valence-corrected chi connectivity index (χ3v) is 6.69. The van der Waals surface area contributed by atoms with Crippen molar-refractivity contribution in [2.24, 2.45) is 17.4 Å². The first kappa shape index (κ1) is 26.9. The number of ether oxygens (including phenoxy) is 1. The van der Waals surface area contributed by atoms with Gasteiger partial charge in [0.15, 0.2) is 0 Å². The number of carbonyl (C=O) groups excluding carboxylic acids is 3. The van der Waals surface area contributed by atoms with Crippen molar-refractivity contribution in [2.75, 3.05) is 32.8 Å². The fourth-order valence-electron chi connectivity index (χ4n) is 4.98. The SMILES string of the molecule is NCCCCCNC(=O)[C@@H]1C[C@@H]2C(=O)N[C@@H](CCCCN)C(=O)N2[C@@H]1c1cccc(OCCO)c1. The van der Waals surface area contributed by atoms with Gasteiger partial charge < -0.3 is 36.8 Å². The van der Waals surface area contributed by atoms with Gasteiger partial charge in [-0.25, -0.2) is 0 Å². The molecule has 10 nitrogen and oxygen atoms in total. The Balaban J connectivity index is 1.86. The van der Waals surface area contributed by atoms with Crippen molar-refractivity contribution in [3.8, 4) is 5.75 Å². The van der Waals surface area contributed by atoms with E-state index >= 15 is 0 Å². The molecule has 10 heteroatoms. The minimum atomic E-state index is -0.701. The average Bonchev–Trinajstić information content (AvgIpc) is 3.27. The molecule has 0 unspecified atom stereocenters. The second-order valence-electron chi connectivity index (χ2n) is 9.18. The Morgan fingerprint density at radius 2 is 1.91 bits per heavy atom. The summed E-state index contributed by atoms with van der Waals surface area (Å²) in [5, 5.41) is 15.0. The van der Waals surface area contributed by atoms with Gasteiger partial charge in [0.05, 0.1) is 18.6 Å². The van der Waals surface area contributed by atoms with E-state index in [0.717, 1.165) is 37.7 Å². The van der Waals surface area contributed by atoms with Crippen LogP contribution < -0.4 is 26.8 Å². The number of nitrogens with two attached hydrogens (primary N) is 2. The molecule has 194 valence electrons. The van der Waals surface area contributed by atoms with Crippen molar-refractivity contribution >= 4 is 17.7 Å². The predicted octanol–water partition coefficient (Wildman–Crippen LogP) is 0.189. The maximum Gasteiger partial charge on any atom is 0.246 e. The summed E-state index contributed by atoms with van der Waals surface area (Å²) in [6, 6.07) is 5.28. The molecule has 2 heterocycles. The molecule has 2 aliphatic heterocycles. The number of nitrogens with one attached hydrogen (secondary N) is 2. The van der Waals surface area contributed by atoms with E-state index in [9.17, 15) is 14.4 Å². The quantitative estimate of drug-likeness (QED) is 0.233. The molecule has 3 rings (SSSR count). The minimum Gasteiger partial charge on any atom is -0.491 e. The zero-order valence-corrected chi connectivity index (χ0v) is 20.3. The van der Waals surface area contributed by atoms with Gasteiger partial charge >= 0.3 is 0 Å². The number of piperazine rings is 1. The largest absolute Gasteiger partial charge is 0.491 e. The molecule has 0 bridgehead atoms. The highest BCUT2D eigenvalue weighted by Crippen LogP contribution is 2.44. The van der Waals surface area contributed by atoms with Crippen molar-refractivity contribution < 1.29 is 24.2 Å². The maximum absolute atomic E-state index is 13.6. The van der Waals surface area contributed by atoms with Gasteiger partial charge in [0.25, 0.3) is 0 Å². The molecule has 0 radical (unpaired) electrons. The van der Waals surface area contributed by atoms with Gasteiger partial charge in [0.2, 0.25) is 17.7 Å². The lowest BCUT2D eigenvalue weighted by molar-refractivity contribution is -0.149. The van der Waals surface area contributed by atoms with E-state index < -0.39 is 24.0 Å². The summed E-state index contributed by atoms with van der Waals surface area (Å²) in [6.07, 6.45) is 4.91. The van der Waals surface area contributed by atoms with Crippen LogP contribution in [0.1, 0.15) is 56.6 Å². The van der Waals surface area contributed by atoms with Gasteiger partial charge in [-0.15, -0.1) is 0 Å². The Morgan fingerprint density at radius 3 is 2.66 bits per heavy atom. The van der Waals surface area contributed by atoms with Crippen LogP contribution in [-0.2, 0) is 14.4 Å². The van der Waals surface area contributed by atoms with Gasteiger partial charge in [-0.2, -0.15) is 0 Å².